The van der Waals surface area contributed by atoms with Gasteiger partial charge in [-0.15, -0.1) is 0 Å². The van der Waals surface area contributed by atoms with E-state index in [1.165, 1.54) is 6.42 Å². The molecule has 1 atom stereocenters. The van der Waals surface area contributed by atoms with Gasteiger partial charge in [0.05, 0.1) is 6.10 Å². The van der Waals surface area contributed by atoms with Gasteiger partial charge in [-0.1, -0.05) is 6.92 Å². The fourth-order valence-corrected chi connectivity index (χ4v) is 2.05. The summed E-state index contributed by atoms with van der Waals surface area (Å²) in [6.45, 7) is 9.04. The molecule has 1 amide bonds. The fourth-order valence-electron chi connectivity index (χ4n) is 2.05. The molecule has 1 aliphatic rings. The number of nitrogens with one attached hydrogen (secondary N) is 1. The molecule has 0 aromatic rings. The maximum absolute atomic E-state index is 11.9. The van der Waals surface area contributed by atoms with Crippen LogP contribution >= 0.6 is 0 Å². The van der Waals surface area contributed by atoms with Crippen molar-refractivity contribution in [1.29, 1.82) is 0 Å². The molecule has 4 heteroatoms. The van der Waals surface area contributed by atoms with Crippen molar-refractivity contribution in [3.05, 3.63) is 0 Å². The lowest BCUT2D eigenvalue weighted by Crippen LogP contribution is -2.49. The van der Waals surface area contributed by atoms with Crippen LogP contribution in [-0.2, 0) is 9.53 Å². The molecule has 17 heavy (non-hydrogen) atoms. The standard InChI is InChI=1S/C13H26N2O2/c1-4-7-14-12-6-5-8-15(9-12)13(16)10-17-11(2)3/h11-12,14H,4-10H2,1-3H3. The monoisotopic (exact) mass is 242 g/mol. The first-order chi connectivity index (χ1) is 8.13. The average Bonchev–Trinajstić information content (AvgIpc) is 2.33. The molecule has 0 spiro atoms. The lowest BCUT2D eigenvalue weighted by Gasteiger charge is -2.33. The first-order valence-corrected chi connectivity index (χ1v) is 6.76. The van der Waals surface area contributed by atoms with E-state index in [0.717, 1.165) is 32.5 Å². The maximum atomic E-state index is 11.9. The van der Waals surface area contributed by atoms with Gasteiger partial charge in [0, 0.05) is 19.1 Å². The minimum atomic E-state index is 0.123. The van der Waals surface area contributed by atoms with Crippen molar-refractivity contribution in [3.8, 4) is 0 Å². The predicted octanol–water partition coefficient (Wildman–Crippen LogP) is 1.40. The van der Waals surface area contributed by atoms with E-state index in [1.54, 1.807) is 0 Å². The van der Waals surface area contributed by atoms with Crippen molar-refractivity contribution in [2.45, 2.75) is 52.2 Å². The minimum absolute atomic E-state index is 0.123. The minimum Gasteiger partial charge on any atom is -0.369 e. The van der Waals surface area contributed by atoms with Crippen LogP contribution in [-0.4, -0.2) is 49.2 Å². The quantitative estimate of drug-likeness (QED) is 0.765. The van der Waals surface area contributed by atoms with Crippen molar-refractivity contribution in [1.82, 2.24) is 10.2 Å². The molecule has 0 bridgehead atoms. The van der Waals surface area contributed by atoms with Gasteiger partial charge in [0.25, 0.3) is 0 Å². The Morgan fingerprint density at radius 3 is 2.94 bits per heavy atom. The predicted molar refractivity (Wildman–Crippen MR) is 69.0 cm³/mol. The Labute approximate surface area is 105 Å². The molecule has 1 N–H and O–H groups in total. The summed E-state index contributed by atoms with van der Waals surface area (Å²) in [6.07, 6.45) is 3.53. The number of carbonyl (C=O) groups excluding carboxylic acids is 1. The van der Waals surface area contributed by atoms with E-state index in [2.05, 4.69) is 12.2 Å². The summed E-state index contributed by atoms with van der Waals surface area (Å²) in [5, 5.41) is 3.49. The molecule has 0 aromatic carbocycles. The van der Waals surface area contributed by atoms with Crippen LogP contribution in [0.4, 0.5) is 0 Å². The number of nitrogens with zero attached hydrogens (tertiary/aromatic N) is 1. The number of likely N-dealkylation sites (tertiary alicyclic amines) is 1. The van der Waals surface area contributed by atoms with Gasteiger partial charge in [-0.3, -0.25) is 4.79 Å². The summed E-state index contributed by atoms with van der Waals surface area (Å²) in [6, 6.07) is 0.465. The topological polar surface area (TPSA) is 41.6 Å². The van der Waals surface area contributed by atoms with E-state index in [1.807, 2.05) is 18.7 Å². The third-order valence-corrected chi connectivity index (χ3v) is 3.00. The Balaban J connectivity index is 2.30. The maximum Gasteiger partial charge on any atom is 0.248 e. The molecule has 1 fully saturated rings. The molecule has 1 rings (SSSR count). The summed E-state index contributed by atoms with van der Waals surface area (Å²) in [7, 11) is 0. The second kappa shape index (κ2) is 7.67. The van der Waals surface area contributed by atoms with Crippen LogP contribution in [0.3, 0.4) is 0 Å². The molecule has 1 unspecified atom stereocenters. The van der Waals surface area contributed by atoms with Crippen molar-refractivity contribution in [3.63, 3.8) is 0 Å². The van der Waals surface area contributed by atoms with Gasteiger partial charge in [0.15, 0.2) is 0 Å². The molecule has 1 aliphatic heterocycles. The summed E-state index contributed by atoms with van der Waals surface area (Å²) in [5.41, 5.74) is 0. The van der Waals surface area contributed by atoms with Crippen LogP contribution in [0.1, 0.15) is 40.0 Å². The molecule has 0 saturated carbocycles. The molecule has 1 heterocycles. The summed E-state index contributed by atoms with van der Waals surface area (Å²) >= 11 is 0. The van der Waals surface area contributed by atoms with Gasteiger partial charge in [0.2, 0.25) is 5.91 Å². The summed E-state index contributed by atoms with van der Waals surface area (Å²) in [4.78, 5) is 13.8. The number of amides is 1. The highest BCUT2D eigenvalue weighted by Gasteiger charge is 2.23. The Kier molecular flexibility index (Phi) is 6.52. The van der Waals surface area contributed by atoms with Crippen LogP contribution in [0, 0.1) is 0 Å². The zero-order valence-electron chi connectivity index (χ0n) is 11.4. The van der Waals surface area contributed by atoms with E-state index in [9.17, 15) is 4.79 Å². The average molecular weight is 242 g/mol. The Morgan fingerprint density at radius 2 is 2.29 bits per heavy atom. The van der Waals surface area contributed by atoms with Crippen LogP contribution in [0.15, 0.2) is 0 Å². The van der Waals surface area contributed by atoms with Crippen molar-refractivity contribution in [2.75, 3.05) is 26.2 Å². The van der Waals surface area contributed by atoms with E-state index in [4.69, 9.17) is 4.74 Å². The number of hydrogen-bond donors (Lipinski definition) is 1. The molecule has 100 valence electrons. The van der Waals surface area contributed by atoms with Crippen molar-refractivity contribution in [2.24, 2.45) is 0 Å². The van der Waals surface area contributed by atoms with Gasteiger partial charge >= 0.3 is 0 Å². The Morgan fingerprint density at radius 1 is 1.53 bits per heavy atom. The number of ether oxygens (including phenoxy) is 1. The third-order valence-electron chi connectivity index (χ3n) is 3.00. The van der Waals surface area contributed by atoms with E-state index in [0.29, 0.717) is 6.04 Å². The zero-order valence-corrected chi connectivity index (χ0v) is 11.4. The van der Waals surface area contributed by atoms with Gasteiger partial charge in [0.1, 0.15) is 6.61 Å². The molecule has 4 nitrogen and oxygen atoms in total. The lowest BCUT2D eigenvalue weighted by molar-refractivity contribution is -0.138. The number of carbonyl (C=O) groups is 1. The van der Waals surface area contributed by atoms with Gasteiger partial charge in [-0.05, 0) is 39.7 Å². The number of rotatable bonds is 6. The normalized spacial score (nSPS) is 20.9. The Hall–Kier alpha value is -0.610. The SMILES string of the molecule is CCCNC1CCCN(C(=O)COC(C)C)C1. The number of hydrogen-bond acceptors (Lipinski definition) is 3. The molecule has 1 saturated heterocycles. The van der Waals surface area contributed by atoms with E-state index >= 15 is 0 Å². The highest BCUT2D eigenvalue weighted by molar-refractivity contribution is 5.77. The largest absolute Gasteiger partial charge is 0.369 e. The van der Waals surface area contributed by atoms with Crippen LogP contribution < -0.4 is 5.32 Å². The van der Waals surface area contributed by atoms with Crippen molar-refractivity contribution < 1.29 is 9.53 Å². The Bertz CT molecular complexity index is 231. The molecule has 0 aromatic heterocycles. The first kappa shape index (κ1) is 14.5. The summed E-state index contributed by atoms with van der Waals surface area (Å²) < 4.78 is 5.36. The smallest absolute Gasteiger partial charge is 0.248 e. The van der Waals surface area contributed by atoms with Gasteiger partial charge < -0.3 is 15.0 Å². The summed E-state index contributed by atoms with van der Waals surface area (Å²) in [5.74, 6) is 0.127. The van der Waals surface area contributed by atoms with Crippen LogP contribution in [0.5, 0.6) is 0 Å². The molecule has 0 aliphatic carbocycles. The highest BCUT2D eigenvalue weighted by atomic mass is 16.5. The van der Waals surface area contributed by atoms with E-state index in [-0.39, 0.29) is 18.6 Å². The zero-order chi connectivity index (χ0) is 12.7. The van der Waals surface area contributed by atoms with Gasteiger partial charge in [-0.25, -0.2) is 0 Å². The molecular weight excluding hydrogens is 216 g/mol. The lowest BCUT2D eigenvalue weighted by atomic mass is 10.1. The molecule has 0 radical (unpaired) electrons. The second-order valence-corrected chi connectivity index (χ2v) is 4.99. The van der Waals surface area contributed by atoms with Crippen LogP contribution in [0.2, 0.25) is 0 Å². The number of piperidine rings is 1. The van der Waals surface area contributed by atoms with E-state index < -0.39 is 0 Å². The molecular formula is C13H26N2O2. The highest BCUT2D eigenvalue weighted by Crippen LogP contribution is 2.10. The van der Waals surface area contributed by atoms with Gasteiger partial charge in [-0.2, -0.15) is 0 Å². The fraction of sp³-hybridized carbons (Fsp3) is 0.923. The first-order valence-electron chi connectivity index (χ1n) is 6.76. The van der Waals surface area contributed by atoms with Crippen molar-refractivity contribution >= 4 is 5.91 Å². The van der Waals surface area contributed by atoms with Crippen LogP contribution in [0.25, 0.3) is 0 Å². The second-order valence-electron chi connectivity index (χ2n) is 4.99. The third kappa shape index (κ3) is 5.50.